The summed E-state index contributed by atoms with van der Waals surface area (Å²) < 4.78 is 62.5. The summed E-state index contributed by atoms with van der Waals surface area (Å²) >= 11 is 0. The molecule has 4 rings (SSSR count). The second kappa shape index (κ2) is 14.5. The van der Waals surface area contributed by atoms with Crippen LogP contribution >= 0.6 is 0 Å². The van der Waals surface area contributed by atoms with Gasteiger partial charge in [-0.3, -0.25) is 13.9 Å². The molecule has 0 aromatic heterocycles. The van der Waals surface area contributed by atoms with Crippen molar-refractivity contribution in [3.05, 3.63) is 90.0 Å². The van der Waals surface area contributed by atoms with Crippen molar-refractivity contribution in [3.8, 4) is 5.75 Å². The van der Waals surface area contributed by atoms with E-state index in [9.17, 15) is 26.8 Å². The number of sulfonamides is 1. The van der Waals surface area contributed by atoms with E-state index in [1.165, 1.54) is 35.2 Å². The average Bonchev–Trinajstić information content (AvgIpc) is 3.00. The van der Waals surface area contributed by atoms with Crippen LogP contribution in [0.2, 0.25) is 0 Å². The molecule has 1 aliphatic carbocycles. The van der Waals surface area contributed by atoms with Crippen molar-refractivity contribution < 1.29 is 31.5 Å². The van der Waals surface area contributed by atoms with E-state index >= 15 is 0 Å². The maximum atomic E-state index is 14.7. The summed E-state index contributed by atoms with van der Waals surface area (Å²) in [5.41, 5.74) is 0.341. The van der Waals surface area contributed by atoms with Crippen LogP contribution in [-0.2, 0) is 26.2 Å². The molecule has 1 saturated carbocycles. The van der Waals surface area contributed by atoms with Crippen LogP contribution in [0.5, 0.6) is 5.75 Å². The highest BCUT2D eigenvalue weighted by Gasteiger charge is 2.33. The van der Waals surface area contributed by atoms with Gasteiger partial charge in [-0.05, 0) is 81.3 Å². The van der Waals surface area contributed by atoms with E-state index in [1.807, 2.05) is 6.92 Å². The normalized spacial score (nSPS) is 14.5. The maximum absolute atomic E-state index is 14.7. The van der Waals surface area contributed by atoms with Gasteiger partial charge in [-0.2, -0.15) is 0 Å². The number of hydrogen-bond donors (Lipinski definition) is 1. The van der Waals surface area contributed by atoms with E-state index in [0.29, 0.717) is 12.4 Å². The molecular formula is C32H37F2N3O5S. The van der Waals surface area contributed by atoms with Crippen molar-refractivity contribution in [2.45, 2.75) is 69.5 Å². The molecule has 1 N–H and O–H groups in total. The molecule has 0 spiro atoms. The molecule has 0 bridgehead atoms. The number of carbonyl (C=O) groups excluding carboxylic acids is 2. The number of anilines is 1. The lowest BCUT2D eigenvalue weighted by Gasteiger charge is -2.33. The first kappa shape index (κ1) is 31.9. The first-order chi connectivity index (χ1) is 20.6. The summed E-state index contributed by atoms with van der Waals surface area (Å²) in [6.45, 7) is 2.82. The molecule has 3 aromatic rings. The molecule has 8 nitrogen and oxygen atoms in total. The Balaban J connectivity index is 1.68. The molecule has 0 heterocycles. The van der Waals surface area contributed by atoms with E-state index in [0.717, 1.165) is 60.7 Å². The van der Waals surface area contributed by atoms with Gasteiger partial charge in [0.25, 0.3) is 10.0 Å². The predicted molar refractivity (Wildman–Crippen MR) is 160 cm³/mol. The number of hydrogen-bond acceptors (Lipinski definition) is 5. The predicted octanol–water partition coefficient (Wildman–Crippen LogP) is 5.43. The van der Waals surface area contributed by atoms with Crippen molar-refractivity contribution in [3.63, 3.8) is 0 Å². The number of rotatable bonds is 12. The number of halogens is 2. The summed E-state index contributed by atoms with van der Waals surface area (Å²) in [5, 5.41) is 3.01. The summed E-state index contributed by atoms with van der Waals surface area (Å²) in [6, 6.07) is 15.3. The third-order valence-electron chi connectivity index (χ3n) is 7.53. The lowest BCUT2D eigenvalue weighted by atomic mass is 9.95. The molecule has 0 aliphatic heterocycles. The third kappa shape index (κ3) is 8.10. The van der Waals surface area contributed by atoms with Gasteiger partial charge >= 0.3 is 0 Å². The third-order valence-corrected chi connectivity index (χ3v) is 9.32. The SMILES string of the molecule is CCOc1ccc(N(CC(=O)N(Cc2ccccc2F)C(C)C(=O)NC2CCCCC2)S(=O)(=O)c2ccc(F)cc2)cc1. The Morgan fingerprint density at radius 3 is 2.23 bits per heavy atom. The molecule has 230 valence electrons. The van der Waals surface area contributed by atoms with Gasteiger partial charge in [0.05, 0.1) is 17.2 Å². The number of benzene rings is 3. The van der Waals surface area contributed by atoms with Gasteiger partial charge < -0.3 is 15.0 Å². The van der Waals surface area contributed by atoms with Crippen molar-refractivity contribution in [1.82, 2.24) is 10.2 Å². The molecule has 3 aromatic carbocycles. The molecule has 0 saturated heterocycles. The van der Waals surface area contributed by atoms with Crippen molar-refractivity contribution >= 4 is 27.5 Å². The second-order valence-corrected chi connectivity index (χ2v) is 12.4. The molecule has 1 atom stereocenters. The summed E-state index contributed by atoms with van der Waals surface area (Å²) in [7, 11) is -4.37. The topological polar surface area (TPSA) is 96.0 Å². The number of nitrogens with one attached hydrogen (secondary N) is 1. The molecule has 2 amide bonds. The minimum Gasteiger partial charge on any atom is -0.494 e. The summed E-state index contributed by atoms with van der Waals surface area (Å²) in [6.07, 6.45) is 4.76. The molecule has 1 unspecified atom stereocenters. The second-order valence-electron chi connectivity index (χ2n) is 10.5. The monoisotopic (exact) mass is 613 g/mol. The fourth-order valence-electron chi connectivity index (χ4n) is 5.10. The van der Waals surface area contributed by atoms with Crippen LogP contribution in [0.1, 0.15) is 51.5 Å². The number of carbonyl (C=O) groups is 2. The minimum atomic E-state index is -4.37. The fourth-order valence-corrected chi connectivity index (χ4v) is 6.51. The minimum absolute atomic E-state index is 0.0201. The Labute approximate surface area is 251 Å². The maximum Gasteiger partial charge on any atom is 0.264 e. The number of amides is 2. The van der Waals surface area contributed by atoms with Crippen molar-refractivity contribution in [1.29, 1.82) is 0 Å². The summed E-state index contributed by atoms with van der Waals surface area (Å²) in [5.74, 6) is -1.77. The van der Waals surface area contributed by atoms with Gasteiger partial charge in [0.2, 0.25) is 11.8 Å². The van der Waals surface area contributed by atoms with E-state index in [1.54, 1.807) is 25.1 Å². The zero-order valence-corrected chi connectivity index (χ0v) is 25.2. The lowest BCUT2D eigenvalue weighted by molar-refractivity contribution is -0.139. The van der Waals surface area contributed by atoms with Gasteiger partial charge in [0.1, 0.15) is 30.0 Å². The Morgan fingerprint density at radius 2 is 1.60 bits per heavy atom. The Morgan fingerprint density at radius 1 is 0.953 bits per heavy atom. The molecule has 1 aliphatic rings. The van der Waals surface area contributed by atoms with E-state index < -0.39 is 46.1 Å². The zero-order valence-electron chi connectivity index (χ0n) is 24.3. The molecule has 11 heteroatoms. The quantitative estimate of drug-likeness (QED) is 0.294. The molecule has 0 radical (unpaired) electrons. The van der Waals surface area contributed by atoms with Crippen LogP contribution < -0.4 is 14.4 Å². The van der Waals surface area contributed by atoms with Crippen LogP contribution in [0, 0.1) is 11.6 Å². The van der Waals surface area contributed by atoms with Gasteiger partial charge in [-0.15, -0.1) is 0 Å². The van der Waals surface area contributed by atoms with Crippen LogP contribution in [0.15, 0.2) is 77.7 Å². The smallest absolute Gasteiger partial charge is 0.264 e. The number of ether oxygens (including phenoxy) is 1. The van der Waals surface area contributed by atoms with E-state index in [-0.39, 0.29) is 28.7 Å². The zero-order chi connectivity index (χ0) is 31.0. The molecule has 43 heavy (non-hydrogen) atoms. The highest BCUT2D eigenvalue weighted by molar-refractivity contribution is 7.92. The number of nitrogens with zero attached hydrogens (tertiary/aromatic N) is 2. The fraction of sp³-hybridized carbons (Fsp3) is 0.375. The van der Waals surface area contributed by atoms with Crippen LogP contribution in [0.3, 0.4) is 0 Å². The Bertz CT molecular complexity index is 1490. The average molecular weight is 614 g/mol. The highest BCUT2D eigenvalue weighted by Crippen LogP contribution is 2.27. The highest BCUT2D eigenvalue weighted by atomic mass is 32.2. The first-order valence-corrected chi connectivity index (χ1v) is 15.9. The molecule has 1 fully saturated rings. The Kier molecular flexibility index (Phi) is 10.7. The van der Waals surface area contributed by atoms with E-state index in [4.69, 9.17) is 4.74 Å². The molecular weight excluding hydrogens is 576 g/mol. The van der Waals surface area contributed by atoms with Crippen molar-refractivity contribution in [2.75, 3.05) is 17.5 Å². The lowest BCUT2D eigenvalue weighted by Crippen LogP contribution is -2.53. The van der Waals surface area contributed by atoms with E-state index in [2.05, 4.69) is 5.32 Å². The van der Waals surface area contributed by atoms with Crippen LogP contribution in [0.25, 0.3) is 0 Å². The Hall–Kier alpha value is -3.99. The van der Waals surface area contributed by atoms with Gasteiger partial charge in [-0.1, -0.05) is 37.5 Å². The largest absolute Gasteiger partial charge is 0.494 e. The van der Waals surface area contributed by atoms with Crippen LogP contribution in [0.4, 0.5) is 14.5 Å². The van der Waals surface area contributed by atoms with Gasteiger partial charge in [-0.25, -0.2) is 17.2 Å². The van der Waals surface area contributed by atoms with Gasteiger partial charge in [0, 0.05) is 18.2 Å². The first-order valence-electron chi connectivity index (χ1n) is 14.4. The van der Waals surface area contributed by atoms with Crippen LogP contribution in [-0.4, -0.2) is 50.4 Å². The van der Waals surface area contributed by atoms with Crippen molar-refractivity contribution in [2.24, 2.45) is 0 Å². The van der Waals surface area contributed by atoms with Gasteiger partial charge in [0.15, 0.2) is 0 Å². The standard InChI is InChI=1S/C32H37F2N3O5S/c1-3-42-28-17-15-27(16-18-28)37(43(40,41)29-19-13-25(33)14-20-29)22-31(38)36(21-24-9-7-8-12-30(24)34)23(2)32(39)35-26-10-5-4-6-11-26/h7-9,12-20,23,26H,3-6,10-11,21-22H2,1-2H3,(H,35,39). The summed E-state index contributed by atoms with van der Waals surface area (Å²) in [4.78, 5) is 28.3.